The van der Waals surface area contributed by atoms with Crippen molar-refractivity contribution < 1.29 is 18.3 Å². The molecule has 0 bridgehead atoms. The maximum atomic E-state index is 12.3. The van der Waals surface area contributed by atoms with Crippen LogP contribution < -0.4 is 5.73 Å². The lowest BCUT2D eigenvalue weighted by molar-refractivity contribution is -0.149. The highest BCUT2D eigenvalue weighted by molar-refractivity contribution is 9.11. The zero-order valence-electron chi connectivity index (χ0n) is 7.15. The molecule has 0 radical (unpaired) electrons. The van der Waals surface area contributed by atoms with Crippen LogP contribution in [-0.4, -0.2) is 11.3 Å². The van der Waals surface area contributed by atoms with Crippen molar-refractivity contribution in [1.82, 2.24) is 0 Å². The van der Waals surface area contributed by atoms with E-state index in [2.05, 4.69) is 31.9 Å². The molecule has 0 aliphatic rings. The fourth-order valence-electron chi connectivity index (χ4n) is 0.999. The van der Waals surface area contributed by atoms with Gasteiger partial charge >= 0.3 is 6.18 Å². The third kappa shape index (κ3) is 2.85. The molecule has 0 aliphatic heterocycles. The van der Waals surface area contributed by atoms with Crippen LogP contribution in [0.2, 0.25) is 0 Å². The Kier molecular flexibility index (Phi) is 3.67. The van der Waals surface area contributed by atoms with E-state index < -0.39 is 18.0 Å². The van der Waals surface area contributed by atoms with E-state index in [1.54, 1.807) is 0 Å². The van der Waals surface area contributed by atoms with Gasteiger partial charge in [-0.3, -0.25) is 0 Å². The third-order valence-corrected chi connectivity index (χ3v) is 2.81. The Morgan fingerprint density at radius 2 is 1.80 bits per heavy atom. The Bertz CT molecular complexity index is 381. The molecule has 0 saturated carbocycles. The second kappa shape index (κ2) is 4.31. The van der Waals surface area contributed by atoms with Crippen LogP contribution in [0.15, 0.2) is 21.1 Å². The highest BCUT2D eigenvalue weighted by atomic mass is 79.9. The first-order valence-corrected chi connectivity index (χ1v) is 5.32. The number of rotatable bonds is 1. The lowest BCUT2D eigenvalue weighted by atomic mass is 10.1. The van der Waals surface area contributed by atoms with Gasteiger partial charge in [-0.15, -0.1) is 0 Å². The van der Waals surface area contributed by atoms with E-state index in [1.807, 2.05) is 0 Å². The molecule has 3 N–H and O–H groups in total. The van der Waals surface area contributed by atoms with Crippen molar-refractivity contribution in [2.24, 2.45) is 5.73 Å². The predicted molar refractivity (Wildman–Crippen MR) is 56.5 cm³/mol. The Hall–Kier alpha value is -0.270. The molecular weight excluding hydrogens is 343 g/mol. The molecule has 2 nitrogen and oxygen atoms in total. The molecule has 15 heavy (non-hydrogen) atoms. The van der Waals surface area contributed by atoms with Gasteiger partial charge in [0.1, 0.15) is 11.8 Å². The molecule has 7 heteroatoms. The van der Waals surface area contributed by atoms with Crippen molar-refractivity contribution in [1.29, 1.82) is 0 Å². The smallest absolute Gasteiger partial charge is 0.407 e. The molecule has 0 amide bonds. The maximum absolute atomic E-state index is 12.3. The van der Waals surface area contributed by atoms with Gasteiger partial charge in [0.25, 0.3) is 0 Å². The standard InChI is InChI=1S/C8H6Br2F3NO/c9-3-1-4(6(15)5(10)2-3)7(14)8(11,12)13/h1-2,7,15H,14H2/t7-/m1/s1. The lowest BCUT2D eigenvalue weighted by Gasteiger charge is -2.17. The van der Waals surface area contributed by atoms with E-state index in [1.165, 1.54) is 6.07 Å². The van der Waals surface area contributed by atoms with E-state index in [4.69, 9.17) is 5.73 Å². The molecule has 0 heterocycles. The Morgan fingerprint density at radius 1 is 1.27 bits per heavy atom. The molecule has 1 atom stereocenters. The average Bonchev–Trinajstić information content (AvgIpc) is 2.08. The number of benzene rings is 1. The van der Waals surface area contributed by atoms with Crippen LogP contribution in [0.3, 0.4) is 0 Å². The SMILES string of the molecule is N[C@H](c1cc(Br)cc(Br)c1O)C(F)(F)F. The summed E-state index contributed by atoms with van der Waals surface area (Å²) in [5.41, 5.74) is 4.61. The van der Waals surface area contributed by atoms with Crippen molar-refractivity contribution >= 4 is 31.9 Å². The lowest BCUT2D eigenvalue weighted by Crippen LogP contribution is -2.28. The monoisotopic (exact) mass is 347 g/mol. The number of nitrogens with two attached hydrogens (primary N) is 1. The van der Waals surface area contributed by atoms with Crippen LogP contribution in [0.25, 0.3) is 0 Å². The van der Waals surface area contributed by atoms with E-state index in [-0.39, 0.29) is 10.0 Å². The highest BCUT2D eigenvalue weighted by Gasteiger charge is 2.39. The molecule has 0 saturated heterocycles. The second-order valence-electron chi connectivity index (χ2n) is 2.84. The molecule has 1 aromatic carbocycles. The molecule has 0 aromatic heterocycles. The van der Waals surface area contributed by atoms with E-state index >= 15 is 0 Å². The normalized spacial score (nSPS) is 14.0. The average molecular weight is 349 g/mol. The third-order valence-electron chi connectivity index (χ3n) is 1.75. The minimum Gasteiger partial charge on any atom is -0.506 e. The summed E-state index contributed by atoms with van der Waals surface area (Å²) in [6.45, 7) is 0. The quantitative estimate of drug-likeness (QED) is 0.816. The number of alkyl halides is 3. The van der Waals surface area contributed by atoms with Crippen molar-refractivity contribution in [3.63, 3.8) is 0 Å². The fraction of sp³-hybridized carbons (Fsp3) is 0.250. The molecule has 0 aliphatic carbocycles. The van der Waals surface area contributed by atoms with Crippen LogP contribution in [0.4, 0.5) is 13.2 Å². The Balaban J connectivity index is 3.25. The summed E-state index contributed by atoms with van der Waals surface area (Å²) in [5, 5.41) is 9.41. The molecule has 0 spiro atoms. The van der Waals surface area contributed by atoms with Crippen molar-refractivity contribution in [3.05, 3.63) is 26.6 Å². The van der Waals surface area contributed by atoms with E-state index in [0.29, 0.717) is 4.47 Å². The number of aromatic hydroxyl groups is 1. The molecule has 84 valence electrons. The molecule has 1 rings (SSSR count). The second-order valence-corrected chi connectivity index (χ2v) is 4.61. The summed E-state index contributed by atoms with van der Waals surface area (Å²) in [6, 6.07) is 0.367. The minimum absolute atomic E-state index is 0.159. The summed E-state index contributed by atoms with van der Waals surface area (Å²) in [6.07, 6.45) is -4.59. The van der Waals surface area contributed by atoms with Gasteiger partial charge in [0, 0.05) is 10.0 Å². The molecule has 0 fully saturated rings. The zero-order valence-corrected chi connectivity index (χ0v) is 10.3. The van der Waals surface area contributed by atoms with Crippen LogP contribution in [0, 0.1) is 0 Å². The summed E-state index contributed by atoms with van der Waals surface area (Å²) in [4.78, 5) is 0. The Labute approximate surface area is 101 Å². The molecule has 0 unspecified atom stereocenters. The number of hydrogen-bond acceptors (Lipinski definition) is 2. The summed E-state index contributed by atoms with van der Waals surface area (Å²) < 4.78 is 37.5. The first-order chi connectivity index (χ1) is 6.73. The molecular formula is C8H6Br2F3NO. The highest BCUT2D eigenvalue weighted by Crippen LogP contribution is 2.40. The van der Waals surface area contributed by atoms with Gasteiger partial charge in [-0.2, -0.15) is 13.2 Å². The van der Waals surface area contributed by atoms with Gasteiger partial charge in [-0.05, 0) is 28.1 Å². The van der Waals surface area contributed by atoms with Crippen LogP contribution in [0.5, 0.6) is 5.75 Å². The van der Waals surface area contributed by atoms with Gasteiger partial charge in [-0.1, -0.05) is 15.9 Å². The maximum Gasteiger partial charge on any atom is 0.407 e. The van der Waals surface area contributed by atoms with Gasteiger partial charge in [-0.25, -0.2) is 0 Å². The van der Waals surface area contributed by atoms with Crippen LogP contribution in [0.1, 0.15) is 11.6 Å². The summed E-state index contributed by atoms with van der Waals surface area (Å²) in [5.74, 6) is -0.497. The van der Waals surface area contributed by atoms with E-state index in [0.717, 1.165) is 6.07 Å². The van der Waals surface area contributed by atoms with E-state index in [9.17, 15) is 18.3 Å². The molecule has 1 aromatic rings. The summed E-state index contributed by atoms with van der Waals surface area (Å²) >= 11 is 5.95. The van der Waals surface area contributed by atoms with Crippen molar-refractivity contribution in [2.45, 2.75) is 12.2 Å². The van der Waals surface area contributed by atoms with Crippen molar-refractivity contribution in [3.8, 4) is 5.75 Å². The zero-order chi connectivity index (χ0) is 11.8. The number of phenols is 1. The Morgan fingerprint density at radius 3 is 2.27 bits per heavy atom. The van der Waals surface area contributed by atoms with Crippen LogP contribution in [-0.2, 0) is 0 Å². The topological polar surface area (TPSA) is 46.2 Å². The first kappa shape index (κ1) is 12.8. The predicted octanol–water partition coefficient (Wildman–Crippen LogP) is 3.48. The number of halogens is 5. The number of hydrogen-bond donors (Lipinski definition) is 2. The van der Waals surface area contributed by atoms with Gasteiger partial charge in [0.15, 0.2) is 0 Å². The summed E-state index contributed by atoms with van der Waals surface area (Å²) in [7, 11) is 0. The van der Waals surface area contributed by atoms with Crippen LogP contribution >= 0.6 is 31.9 Å². The minimum atomic E-state index is -4.59. The fourth-order valence-corrected chi connectivity index (χ4v) is 2.26. The van der Waals surface area contributed by atoms with Gasteiger partial charge in [0.05, 0.1) is 4.47 Å². The first-order valence-electron chi connectivity index (χ1n) is 3.73. The van der Waals surface area contributed by atoms with Gasteiger partial charge < -0.3 is 10.8 Å². The van der Waals surface area contributed by atoms with Gasteiger partial charge in [0.2, 0.25) is 0 Å². The van der Waals surface area contributed by atoms with Crippen molar-refractivity contribution in [2.75, 3.05) is 0 Å². The number of phenolic OH excluding ortho intramolecular Hbond substituents is 1. The largest absolute Gasteiger partial charge is 0.506 e.